The largest absolute Gasteiger partial charge is 0.208 e. The lowest BCUT2D eigenvalue weighted by Crippen LogP contribution is -2.02. The third kappa shape index (κ3) is 6.47. The van der Waals surface area contributed by atoms with Crippen LogP contribution in [0.3, 0.4) is 0 Å². The maximum Gasteiger partial charge on any atom is 0.164 e. The molecule has 4 heteroatoms. The summed E-state index contributed by atoms with van der Waals surface area (Å²) in [5.41, 5.74) is 2.65. The van der Waals surface area contributed by atoms with Crippen molar-refractivity contribution in [3.05, 3.63) is 108 Å². The Morgan fingerprint density at radius 2 is 1.45 bits per heavy atom. The highest BCUT2D eigenvalue weighted by Gasteiger charge is 2.12. The summed E-state index contributed by atoms with van der Waals surface area (Å²) in [6, 6.07) is 17.7. The van der Waals surface area contributed by atoms with Gasteiger partial charge in [-0.1, -0.05) is 102 Å². The van der Waals surface area contributed by atoms with Crippen LogP contribution in [0.2, 0.25) is 0 Å². The highest BCUT2D eigenvalue weighted by molar-refractivity contribution is 9.10. The molecule has 0 aliphatic rings. The van der Waals surface area contributed by atoms with Crippen LogP contribution in [-0.4, -0.2) is 15.0 Å². The van der Waals surface area contributed by atoms with E-state index in [4.69, 9.17) is 0 Å². The molecule has 1 heterocycles. The zero-order valence-electron chi connectivity index (χ0n) is 16.7. The standard InChI is InChI=1S/C21H16BrN3.C4H8/c1-3-9-15(4-2)19-23-20(16-10-6-5-7-11-16)25-21(24-19)17-12-8-13-18(22)14-17;1-3-4-2/h3-14H,1-2H2;3-4H,1-2H3/b15-9+;4-3-. The van der Waals surface area contributed by atoms with Crippen molar-refractivity contribution in [2.75, 3.05) is 0 Å². The first-order valence-corrected chi connectivity index (χ1v) is 10.0. The van der Waals surface area contributed by atoms with Crippen molar-refractivity contribution in [3.8, 4) is 22.8 Å². The number of nitrogens with zero attached hydrogens (tertiary/aromatic N) is 3. The van der Waals surface area contributed by atoms with Gasteiger partial charge in [0.05, 0.1) is 0 Å². The summed E-state index contributed by atoms with van der Waals surface area (Å²) in [4.78, 5) is 13.9. The summed E-state index contributed by atoms with van der Waals surface area (Å²) in [7, 11) is 0. The summed E-state index contributed by atoms with van der Waals surface area (Å²) < 4.78 is 0.971. The molecule has 0 fully saturated rings. The molecule has 0 aliphatic carbocycles. The Hall–Kier alpha value is -3.11. The first kappa shape index (κ1) is 22.2. The lowest BCUT2D eigenvalue weighted by atomic mass is 10.1. The zero-order valence-corrected chi connectivity index (χ0v) is 18.3. The summed E-state index contributed by atoms with van der Waals surface area (Å²) in [5.74, 6) is 1.80. The molecule has 0 atom stereocenters. The van der Waals surface area contributed by atoms with E-state index in [1.807, 2.05) is 86.7 Å². The van der Waals surface area contributed by atoms with Gasteiger partial charge >= 0.3 is 0 Å². The van der Waals surface area contributed by atoms with Gasteiger partial charge in [-0.25, -0.2) is 15.0 Å². The Labute approximate surface area is 181 Å². The van der Waals surface area contributed by atoms with Crippen LogP contribution in [0.4, 0.5) is 0 Å². The minimum Gasteiger partial charge on any atom is -0.208 e. The van der Waals surface area contributed by atoms with Gasteiger partial charge in [0.25, 0.3) is 0 Å². The molecule has 0 aliphatic heterocycles. The maximum absolute atomic E-state index is 4.66. The molecule has 3 nitrogen and oxygen atoms in total. The van der Waals surface area contributed by atoms with Crippen LogP contribution in [-0.2, 0) is 0 Å². The molecule has 0 radical (unpaired) electrons. The monoisotopic (exact) mass is 445 g/mol. The molecule has 2 aromatic carbocycles. The normalized spacial score (nSPS) is 10.9. The predicted octanol–water partition coefficient (Wildman–Crippen LogP) is 7.31. The molecular weight excluding hydrogens is 422 g/mol. The average molecular weight is 446 g/mol. The second-order valence-corrected chi connectivity index (χ2v) is 6.83. The van der Waals surface area contributed by atoms with Gasteiger partial charge in [-0.3, -0.25) is 0 Å². The fraction of sp³-hybridized carbons (Fsp3) is 0.0800. The van der Waals surface area contributed by atoms with Crippen LogP contribution in [0.5, 0.6) is 0 Å². The molecule has 3 aromatic rings. The van der Waals surface area contributed by atoms with Gasteiger partial charge in [-0.2, -0.15) is 0 Å². The number of hydrogen-bond donors (Lipinski definition) is 0. The van der Waals surface area contributed by atoms with Gasteiger partial charge in [0.1, 0.15) is 0 Å². The van der Waals surface area contributed by atoms with Gasteiger partial charge in [0, 0.05) is 21.2 Å². The van der Waals surface area contributed by atoms with Crippen LogP contribution in [0.1, 0.15) is 19.7 Å². The number of benzene rings is 2. The van der Waals surface area contributed by atoms with Crippen LogP contribution < -0.4 is 0 Å². The van der Waals surface area contributed by atoms with E-state index < -0.39 is 0 Å². The lowest BCUT2D eigenvalue weighted by molar-refractivity contribution is 1.04. The van der Waals surface area contributed by atoms with Gasteiger partial charge in [-0.15, -0.1) is 0 Å². The lowest BCUT2D eigenvalue weighted by Gasteiger charge is -2.08. The van der Waals surface area contributed by atoms with E-state index >= 15 is 0 Å². The number of allylic oxidation sites excluding steroid dienone is 6. The Balaban J connectivity index is 0.000000687. The van der Waals surface area contributed by atoms with Crippen molar-refractivity contribution in [3.63, 3.8) is 0 Å². The highest BCUT2D eigenvalue weighted by Crippen LogP contribution is 2.24. The molecule has 0 bridgehead atoms. The molecule has 29 heavy (non-hydrogen) atoms. The Morgan fingerprint density at radius 3 is 2.00 bits per heavy atom. The third-order valence-corrected chi connectivity index (χ3v) is 4.35. The minimum atomic E-state index is 0.568. The van der Waals surface area contributed by atoms with Gasteiger partial charge in [0.15, 0.2) is 17.5 Å². The van der Waals surface area contributed by atoms with E-state index in [-0.39, 0.29) is 0 Å². The SMILES string of the molecule is C/C=C\C.C=C/C=C(\C=C)c1nc(-c2ccccc2)nc(-c2cccc(Br)c2)n1. The molecule has 0 saturated heterocycles. The molecule has 146 valence electrons. The highest BCUT2D eigenvalue weighted by atomic mass is 79.9. The summed E-state index contributed by atoms with van der Waals surface area (Å²) >= 11 is 3.50. The predicted molar refractivity (Wildman–Crippen MR) is 127 cm³/mol. The molecule has 0 amide bonds. The van der Waals surface area contributed by atoms with Gasteiger partial charge in [0.2, 0.25) is 0 Å². The zero-order chi connectivity index (χ0) is 21.1. The van der Waals surface area contributed by atoms with Crippen LogP contribution >= 0.6 is 15.9 Å². The maximum atomic E-state index is 4.66. The van der Waals surface area contributed by atoms with Crippen LogP contribution in [0.15, 0.2) is 103 Å². The number of aromatic nitrogens is 3. The second kappa shape index (κ2) is 11.7. The third-order valence-electron chi connectivity index (χ3n) is 3.86. The van der Waals surface area contributed by atoms with Crippen molar-refractivity contribution >= 4 is 21.5 Å². The number of hydrogen-bond acceptors (Lipinski definition) is 3. The van der Waals surface area contributed by atoms with E-state index in [1.165, 1.54) is 0 Å². The molecule has 0 saturated carbocycles. The smallest absolute Gasteiger partial charge is 0.164 e. The fourth-order valence-corrected chi connectivity index (χ4v) is 2.74. The second-order valence-electron chi connectivity index (χ2n) is 5.91. The molecule has 3 rings (SSSR count). The fourth-order valence-electron chi connectivity index (χ4n) is 2.34. The number of rotatable bonds is 5. The van der Waals surface area contributed by atoms with Gasteiger partial charge in [-0.05, 0) is 26.0 Å². The Kier molecular flexibility index (Phi) is 8.93. The van der Waals surface area contributed by atoms with Gasteiger partial charge < -0.3 is 0 Å². The van der Waals surface area contributed by atoms with Crippen molar-refractivity contribution in [1.29, 1.82) is 0 Å². The summed E-state index contributed by atoms with van der Waals surface area (Å²) in [6.07, 6.45) is 9.25. The first-order valence-electron chi connectivity index (χ1n) is 9.23. The first-order chi connectivity index (χ1) is 14.1. The summed E-state index contributed by atoms with van der Waals surface area (Å²) in [5, 5.41) is 0. The van der Waals surface area contributed by atoms with Crippen molar-refractivity contribution in [2.45, 2.75) is 13.8 Å². The van der Waals surface area contributed by atoms with E-state index in [0.717, 1.165) is 21.2 Å². The average Bonchev–Trinajstić information content (AvgIpc) is 2.78. The van der Waals surface area contributed by atoms with Crippen LogP contribution in [0, 0.1) is 0 Å². The molecule has 0 unspecified atom stereocenters. The van der Waals surface area contributed by atoms with Crippen molar-refractivity contribution in [1.82, 2.24) is 15.0 Å². The Bertz CT molecular complexity index is 1020. The van der Waals surface area contributed by atoms with E-state index in [9.17, 15) is 0 Å². The number of halogens is 1. The molecule has 1 aromatic heterocycles. The quantitative estimate of drug-likeness (QED) is 0.305. The Morgan fingerprint density at radius 1 is 0.828 bits per heavy atom. The molecule has 0 N–H and O–H groups in total. The van der Waals surface area contributed by atoms with Crippen LogP contribution in [0.25, 0.3) is 28.3 Å². The van der Waals surface area contributed by atoms with E-state index in [2.05, 4.69) is 44.0 Å². The van der Waals surface area contributed by atoms with E-state index in [0.29, 0.717) is 17.5 Å². The minimum absolute atomic E-state index is 0.568. The van der Waals surface area contributed by atoms with E-state index in [1.54, 1.807) is 12.2 Å². The van der Waals surface area contributed by atoms with Crippen molar-refractivity contribution in [2.24, 2.45) is 0 Å². The van der Waals surface area contributed by atoms with Crippen molar-refractivity contribution < 1.29 is 0 Å². The summed E-state index contributed by atoms with van der Waals surface area (Å²) in [6.45, 7) is 11.6. The molecular formula is C25H24BrN3. The molecule has 0 spiro atoms. The topological polar surface area (TPSA) is 38.7 Å².